The maximum atomic E-state index is 13.0. The zero-order chi connectivity index (χ0) is 16.1. The number of rotatable bonds is 5. The van der Waals surface area contributed by atoms with Gasteiger partial charge >= 0.3 is 0 Å². The largest absolute Gasteiger partial charge is 0.437 e. The predicted molar refractivity (Wildman–Crippen MR) is 85.7 cm³/mol. The van der Waals surface area contributed by atoms with E-state index in [1.54, 1.807) is 30.5 Å². The van der Waals surface area contributed by atoms with E-state index < -0.39 is 0 Å². The Kier molecular flexibility index (Phi) is 4.68. The van der Waals surface area contributed by atoms with Crippen LogP contribution in [-0.2, 0) is 11.4 Å². The summed E-state index contributed by atoms with van der Waals surface area (Å²) in [6.45, 7) is 0.0827. The van der Waals surface area contributed by atoms with Crippen molar-refractivity contribution in [2.75, 3.05) is 0 Å². The minimum atomic E-state index is -0.325. The van der Waals surface area contributed by atoms with Gasteiger partial charge in [0.2, 0.25) is 5.89 Å². The van der Waals surface area contributed by atoms with Gasteiger partial charge in [0.25, 0.3) is 0 Å². The number of oxime groups is 1. The van der Waals surface area contributed by atoms with Crippen LogP contribution in [0.1, 0.15) is 11.5 Å². The van der Waals surface area contributed by atoms with Crippen LogP contribution < -0.4 is 0 Å². The summed E-state index contributed by atoms with van der Waals surface area (Å²) >= 11 is 5.84. The van der Waals surface area contributed by atoms with Gasteiger partial charge in [0.1, 0.15) is 5.82 Å². The molecule has 0 aliphatic carbocycles. The lowest BCUT2D eigenvalue weighted by atomic mass is 10.2. The topological polar surface area (TPSA) is 47.6 Å². The minimum absolute atomic E-state index is 0.0827. The van der Waals surface area contributed by atoms with Gasteiger partial charge in [0, 0.05) is 10.6 Å². The third kappa shape index (κ3) is 4.17. The zero-order valence-electron chi connectivity index (χ0n) is 11.9. The monoisotopic (exact) mass is 330 g/mol. The molecule has 0 unspecified atom stereocenters. The molecule has 6 heteroatoms. The molecule has 0 saturated carbocycles. The van der Waals surface area contributed by atoms with Crippen molar-refractivity contribution in [3.05, 3.63) is 77.0 Å². The van der Waals surface area contributed by atoms with E-state index in [0.29, 0.717) is 22.2 Å². The fourth-order valence-electron chi connectivity index (χ4n) is 1.90. The van der Waals surface area contributed by atoms with Crippen LogP contribution in [0.15, 0.2) is 64.3 Å². The molecule has 0 saturated heterocycles. The second kappa shape index (κ2) is 7.07. The predicted octanol–water partition coefficient (Wildman–Crippen LogP) is 4.68. The lowest BCUT2D eigenvalue weighted by molar-refractivity contribution is 0.113. The zero-order valence-corrected chi connectivity index (χ0v) is 12.7. The smallest absolute Gasteiger partial charge is 0.235 e. The van der Waals surface area contributed by atoms with Gasteiger partial charge in [-0.2, -0.15) is 0 Å². The van der Waals surface area contributed by atoms with Crippen molar-refractivity contribution < 1.29 is 13.6 Å². The van der Waals surface area contributed by atoms with Gasteiger partial charge in [0.05, 0.1) is 12.4 Å². The first kappa shape index (κ1) is 15.2. The SMILES string of the molecule is Fc1cccc(/C=N\OCc2ncc(-c3ccc(Cl)cc3)o2)c1. The Morgan fingerprint density at radius 1 is 1.22 bits per heavy atom. The molecule has 0 atom stereocenters. The Labute approximate surface area is 137 Å². The highest BCUT2D eigenvalue weighted by molar-refractivity contribution is 6.30. The normalized spacial score (nSPS) is 11.0. The van der Waals surface area contributed by atoms with Crippen LogP contribution >= 0.6 is 11.6 Å². The first-order valence-corrected chi connectivity index (χ1v) is 7.20. The molecule has 4 nitrogen and oxygen atoms in total. The van der Waals surface area contributed by atoms with Crippen LogP contribution in [0.2, 0.25) is 5.02 Å². The highest BCUT2D eigenvalue weighted by atomic mass is 35.5. The molecule has 23 heavy (non-hydrogen) atoms. The molecular weight excluding hydrogens is 319 g/mol. The fourth-order valence-corrected chi connectivity index (χ4v) is 2.03. The first-order valence-electron chi connectivity index (χ1n) is 6.82. The van der Waals surface area contributed by atoms with Gasteiger partial charge in [-0.3, -0.25) is 0 Å². The van der Waals surface area contributed by atoms with Crippen LogP contribution in [-0.4, -0.2) is 11.2 Å². The Hall–Kier alpha value is -2.66. The summed E-state index contributed by atoms with van der Waals surface area (Å²) in [7, 11) is 0. The fraction of sp³-hybridized carbons (Fsp3) is 0.0588. The van der Waals surface area contributed by atoms with E-state index in [4.69, 9.17) is 20.9 Å². The number of benzene rings is 2. The van der Waals surface area contributed by atoms with Gasteiger partial charge < -0.3 is 9.25 Å². The molecule has 3 aromatic rings. The number of hydrogen-bond donors (Lipinski definition) is 0. The van der Waals surface area contributed by atoms with Crippen molar-refractivity contribution in [2.45, 2.75) is 6.61 Å². The van der Waals surface area contributed by atoms with Crippen molar-refractivity contribution in [3.63, 3.8) is 0 Å². The second-order valence-electron chi connectivity index (χ2n) is 4.69. The number of hydrogen-bond acceptors (Lipinski definition) is 4. The number of aromatic nitrogens is 1. The van der Waals surface area contributed by atoms with Gasteiger partial charge in [-0.15, -0.1) is 0 Å². The highest BCUT2D eigenvalue weighted by Gasteiger charge is 2.06. The standard InChI is InChI=1S/C17H12ClFN2O2/c18-14-6-4-13(5-7-14)16-10-20-17(23-16)11-22-21-9-12-2-1-3-15(19)8-12/h1-10H,11H2/b21-9-. The van der Waals surface area contributed by atoms with E-state index >= 15 is 0 Å². The average Bonchev–Trinajstić information content (AvgIpc) is 3.01. The van der Waals surface area contributed by atoms with Gasteiger partial charge in [-0.05, 0) is 42.0 Å². The summed E-state index contributed by atoms with van der Waals surface area (Å²) in [6.07, 6.45) is 3.03. The third-order valence-electron chi connectivity index (χ3n) is 3.00. The van der Waals surface area contributed by atoms with Crippen LogP contribution in [0.25, 0.3) is 11.3 Å². The summed E-state index contributed by atoms with van der Waals surface area (Å²) in [5.41, 5.74) is 1.48. The van der Waals surface area contributed by atoms with Crippen LogP contribution in [0, 0.1) is 5.82 Å². The maximum Gasteiger partial charge on any atom is 0.235 e. The van der Waals surface area contributed by atoms with Crippen molar-refractivity contribution in [3.8, 4) is 11.3 Å². The van der Waals surface area contributed by atoms with E-state index in [2.05, 4.69) is 10.1 Å². The van der Waals surface area contributed by atoms with E-state index in [0.717, 1.165) is 5.56 Å². The van der Waals surface area contributed by atoms with Crippen molar-refractivity contribution in [1.82, 2.24) is 4.98 Å². The second-order valence-corrected chi connectivity index (χ2v) is 5.12. The number of nitrogens with zero attached hydrogens (tertiary/aromatic N) is 2. The molecule has 3 rings (SSSR count). The molecule has 116 valence electrons. The van der Waals surface area contributed by atoms with Gasteiger partial charge in [-0.1, -0.05) is 28.9 Å². The van der Waals surface area contributed by atoms with Crippen LogP contribution in [0.5, 0.6) is 0 Å². The Balaban J connectivity index is 1.58. The van der Waals surface area contributed by atoms with Crippen LogP contribution in [0.4, 0.5) is 4.39 Å². The Morgan fingerprint density at radius 3 is 2.83 bits per heavy atom. The molecule has 0 spiro atoms. The average molecular weight is 331 g/mol. The summed E-state index contributed by atoms with van der Waals surface area (Å²) in [5.74, 6) is 0.690. The molecule has 0 amide bonds. The Morgan fingerprint density at radius 2 is 2.04 bits per heavy atom. The van der Waals surface area contributed by atoms with Crippen LogP contribution in [0.3, 0.4) is 0 Å². The molecule has 0 aliphatic rings. The molecule has 2 aromatic carbocycles. The maximum absolute atomic E-state index is 13.0. The molecule has 0 bridgehead atoms. The van der Waals surface area contributed by atoms with Crippen molar-refractivity contribution in [2.24, 2.45) is 5.16 Å². The third-order valence-corrected chi connectivity index (χ3v) is 3.25. The molecule has 1 heterocycles. The lowest BCUT2D eigenvalue weighted by Crippen LogP contribution is -1.88. The summed E-state index contributed by atoms with van der Waals surface area (Å²) in [6, 6.07) is 13.3. The first-order chi connectivity index (χ1) is 11.2. The summed E-state index contributed by atoms with van der Waals surface area (Å²) in [5, 5.41) is 4.42. The minimum Gasteiger partial charge on any atom is -0.437 e. The molecule has 0 N–H and O–H groups in total. The van der Waals surface area contributed by atoms with Crippen molar-refractivity contribution >= 4 is 17.8 Å². The number of halogens is 2. The quantitative estimate of drug-likeness (QED) is 0.504. The van der Waals surface area contributed by atoms with E-state index in [-0.39, 0.29) is 12.4 Å². The molecular formula is C17H12ClFN2O2. The highest BCUT2D eigenvalue weighted by Crippen LogP contribution is 2.22. The van der Waals surface area contributed by atoms with Crippen molar-refractivity contribution in [1.29, 1.82) is 0 Å². The molecule has 0 aliphatic heterocycles. The molecule has 0 fully saturated rings. The summed E-state index contributed by atoms with van der Waals surface area (Å²) < 4.78 is 18.6. The summed E-state index contributed by atoms with van der Waals surface area (Å²) in [4.78, 5) is 9.22. The molecule has 0 radical (unpaired) electrons. The van der Waals surface area contributed by atoms with E-state index in [9.17, 15) is 4.39 Å². The van der Waals surface area contributed by atoms with Gasteiger partial charge in [0.15, 0.2) is 12.4 Å². The lowest BCUT2D eigenvalue weighted by Gasteiger charge is -1.97. The molecule has 1 aromatic heterocycles. The van der Waals surface area contributed by atoms with E-state index in [1.165, 1.54) is 18.3 Å². The van der Waals surface area contributed by atoms with Gasteiger partial charge in [-0.25, -0.2) is 9.37 Å². The number of oxazole rings is 1. The Bertz CT molecular complexity index is 815. The van der Waals surface area contributed by atoms with E-state index in [1.807, 2.05) is 12.1 Å².